The molecule has 2 amide bonds. The molecule has 1 saturated heterocycles. The van der Waals surface area contributed by atoms with Gasteiger partial charge in [0.25, 0.3) is 0 Å². The van der Waals surface area contributed by atoms with Crippen LogP contribution >= 0.6 is 0 Å². The van der Waals surface area contributed by atoms with E-state index in [1.807, 2.05) is 4.90 Å². The number of likely N-dealkylation sites (tertiary alicyclic amines) is 1. The molecule has 3 rings (SSSR count). The summed E-state index contributed by atoms with van der Waals surface area (Å²) < 4.78 is 1.42. The first-order valence-electron chi connectivity index (χ1n) is 6.81. The molecule has 20 heavy (non-hydrogen) atoms. The van der Waals surface area contributed by atoms with Gasteiger partial charge in [0.15, 0.2) is 5.69 Å². The number of carboxylic acid groups (broad SMARTS) is 1. The highest BCUT2D eigenvalue weighted by Crippen LogP contribution is 2.37. The minimum absolute atomic E-state index is 0.0317. The van der Waals surface area contributed by atoms with Crippen molar-refractivity contribution in [1.82, 2.24) is 25.2 Å². The van der Waals surface area contributed by atoms with Crippen molar-refractivity contribution in [3.63, 3.8) is 0 Å². The number of carbonyl (C=O) groups is 2. The molecule has 1 aromatic rings. The van der Waals surface area contributed by atoms with Crippen molar-refractivity contribution >= 4 is 12.0 Å². The van der Waals surface area contributed by atoms with Gasteiger partial charge in [-0.3, -0.25) is 0 Å². The SMILES string of the molecule is O=C(O)c1cn(CCNC(=O)N2CC3CCC2C3)nn1. The lowest BCUT2D eigenvalue weighted by Gasteiger charge is -2.27. The number of amides is 2. The monoisotopic (exact) mass is 279 g/mol. The molecule has 1 aromatic heterocycles. The molecule has 2 bridgehead atoms. The molecule has 2 fully saturated rings. The van der Waals surface area contributed by atoms with Crippen LogP contribution < -0.4 is 5.32 Å². The van der Waals surface area contributed by atoms with Crippen LogP contribution in [0, 0.1) is 5.92 Å². The summed E-state index contributed by atoms with van der Waals surface area (Å²) in [6, 6.07) is 0.376. The summed E-state index contributed by atoms with van der Waals surface area (Å²) in [7, 11) is 0. The zero-order chi connectivity index (χ0) is 14.1. The van der Waals surface area contributed by atoms with Crippen molar-refractivity contribution in [3.8, 4) is 0 Å². The predicted octanol–water partition coefficient (Wildman–Crippen LogP) is 0.170. The first-order valence-corrected chi connectivity index (χ1v) is 6.81. The van der Waals surface area contributed by atoms with E-state index in [4.69, 9.17) is 5.11 Å². The van der Waals surface area contributed by atoms with Crippen molar-refractivity contribution in [2.45, 2.75) is 31.8 Å². The molecule has 2 heterocycles. The molecule has 8 heteroatoms. The van der Waals surface area contributed by atoms with Gasteiger partial charge in [0.2, 0.25) is 0 Å². The molecule has 1 aliphatic heterocycles. The van der Waals surface area contributed by atoms with Gasteiger partial charge in [-0.15, -0.1) is 5.10 Å². The number of carboxylic acids is 1. The molecule has 1 aliphatic carbocycles. The third-order valence-corrected chi connectivity index (χ3v) is 4.04. The summed E-state index contributed by atoms with van der Waals surface area (Å²) in [4.78, 5) is 24.6. The maximum atomic E-state index is 12.0. The highest BCUT2D eigenvalue weighted by Gasteiger charge is 2.40. The Kier molecular flexibility index (Phi) is 3.29. The lowest BCUT2D eigenvalue weighted by atomic mass is 10.1. The van der Waals surface area contributed by atoms with E-state index < -0.39 is 5.97 Å². The average Bonchev–Trinajstić information content (AvgIpc) is 3.14. The fraction of sp³-hybridized carbons (Fsp3) is 0.667. The quantitative estimate of drug-likeness (QED) is 0.818. The van der Waals surface area contributed by atoms with Gasteiger partial charge >= 0.3 is 12.0 Å². The Morgan fingerprint density at radius 1 is 1.45 bits per heavy atom. The van der Waals surface area contributed by atoms with E-state index in [0.717, 1.165) is 19.4 Å². The smallest absolute Gasteiger partial charge is 0.358 e. The van der Waals surface area contributed by atoms with Crippen molar-refractivity contribution in [2.24, 2.45) is 5.92 Å². The van der Waals surface area contributed by atoms with Crippen molar-refractivity contribution in [1.29, 1.82) is 0 Å². The zero-order valence-electron chi connectivity index (χ0n) is 11.0. The van der Waals surface area contributed by atoms with Gasteiger partial charge < -0.3 is 15.3 Å². The molecule has 2 atom stereocenters. The normalized spacial score (nSPS) is 24.1. The van der Waals surface area contributed by atoms with E-state index >= 15 is 0 Å². The Labute approximate surface area is 115 Å². The zero-order valence-corrected chi connectivity index (χ0v) is 11.0. The number of hydrogen-bond donors (Lipinski definition) is 2. The number of piperidine rings is 1. The van der Waals surface area contributed by atoms with Gasteiger partial charge in [-0.05, 0) is 25.2 Å². The Morgan fingerprint density at radius 2 is 2.30 bits per heavy atom. The largest absolute Gasteiger partial charge is 0.476 e. The first kappa shape index (κ1) is 12.9. The lowest BCUT2D eigenvalue weighted by Crippen LogP contribution is -2.45. The molecule has 2 N–H and O–H groups in total. The van der Waals surface area contributed by atoms with E-state index in [-0.39, 0.29) is 11.7 Å². The summed E-state index contributed by atoms with van der Waals surface area (Å²) in [5.74, 6) is -0.424. The topological polar surface area (TPSA) is 100 Å². The van der Waals surface area contributed by atoms with E-state index in [9.17, 15) is 9.59 Å². The molecule has 8 nitrogen and oxygen atoms in total. The standard InChI is InChI=1S/C12H17N5O3/c18-11(19)10-7-16(15-14-10)4-3-13-12(20)17-6-8-1-2-9(17)5-8/h7-9H,1-6H2,(H,13,20)(H,18,19). The second kappa shape index (κ2) is 5.10. The van der Waals surface area contributed by atoms with Crippen LogP contribution in [0.4, 0.5) is 4.79 Å². The molecular formula is C12H17N5O3. The van der Waals surface area contributed by atoms with Crippen LogP contribution in [0.25, 0.3) is 0 Å². The summed E-state index contributed by atoms with van der Waals surface area (Å²) >= 11 is 0. The average molecular weight is 279 g/mol. The fourth-order valence-corrected chi connectivity index (χ4v) is 3.06. The van der Waals surface area contributed by atoms with Gasteiger partial charge in [0, 0.05) is 19.1 Å². The third kappa shape index (κ3) is 2.45. The first-order chi connectivity index (χ1) is 9.63. The van der Waals surface area contributed by atoms with Gasteiger partial charge in [0.1, 0.15) is 0 Å². The third-order valence-electron chi connectivity index (χ3n) is 4.04. The summed E-state index contributed by atoms with van der Waals surface area (Å²) in [6.45, 7) is 1.69. The lowest BCUT2D eigenvalue weighted by molar-refractivity contribution is 0.0690. The molecule has 0 spiro atoms. The maximum Gasteiger partial charge on any atom is 0.358 e. The highest BCUT2D eigenvalue weighted by molar-refractivity contribution is 5.84. The number of carbonyl (C=O) groups excluding carboxylic acids is 1. The highest BCUT2D eigenvalue weighted by atomic mass is 16.4. The Hall–Kier alpha value is -2.12. The molecule has 2 aliphatic rings. The molecular weight excluding hydrogens is 262 g/mol. The van der Waals surface area contributed by atoms with E-state index in [1.165, 1.54) is 17.3 Å². The summed E-state index contributed by atoms with van der Waals surface area (Å²) in [6.07, 6.45) is 4.85. The number of fused-ring (bicyclic) bond motifs is 2. The molecule has 108 valence electrons. The van der Waals surface area contributed by atoms with Gasteiger partial charge in [-0.1, -0.05) is 5.21 Å². The van der Waals surface area contributed by atoms with Gasteiger partial charge in [-0.2, -0.15) is 0 Å². The molecule has 0 aromatic carbocycles. The fourth-order valence-electron chi connectivity index (χ4n) is 3.06. The van der Waals surface area contributed by atoms with Crippen molar-refractivity contribution in [2.75, 3.05) is 13.1 Å². The molecule has 2 unspecified atom stereocenters. The number of urea groups is 1. The maximum absolute atomic E-state index is 12.0. The number of nitrogens with zero attached hydrogens (tertiary/aromatic N) is 4. The minimum Gasteiger partial charge on any atom is -0.476 e. The van der Waals surface area contributed by atoms with Crippen LogP contribution in [0.2, 0.25) is 0 Å². The summed E-state index contributed by atoms with van der Waals surface area (Å²) in [5.41, 5.74) is -0.0896. The molecule has 1 saturated carbocycles. The Morgan fingerprint density at radius 3 is 2.90 bits per heavy atom. The number of rotatable bonds is 4. The van der Waals surface area contributed by atoms with E-state index in [0.29, 0.717) is 25.0 Å². The second-order valence-corrected chi connectivity index (χ2v) is 5.39. The molecule has 0 radical (unpaired) electrons. The number of aromatic nitrogens is 3. The van der Waals surface area contributed by atoms with Crippen LogP contribution in [0.5, 0.6) is 0 Å². The number of nitrogens with one attached hydrogen (secondary N) is 1. The second-order valence-electron chi connectivity index (χ2n) is 5.39. The number of hydrogen-bond acceptors (Lipinski definition) is 4. The van der Waals surface area contributed by atoms with Gasteiger partial charge in [0.05, 0.1) is 12.7 Å². The number of aromatic carboxylic acids is 1. The predicted molar refractivity (Wildman–Crippen MR) is 68.2 cm³/mol. The van der Waals surface area contributed by atoms with E-state index in [2.05, 4.69) is 15.6 Å². The Bertz CT molecular complexity index is 529. The van der Waals surface area contributed by atoms with Crippen LogP contribution in [-0.4, -0.2) is 56.1 Å². The van der Waals surface area contributed by atoms with Crippen molar-refractivity contribution in [3.05, 3.63) is 11.9 Å². The minimum atomic E-state index is -1.10. The van der Waals surface area contributed by atoms with Crippen LogP contribution in [-0.2, 0) is 6.54 Å². The van der Waals surface area contributed by atoms with Crippen LogP contribution in [0.15, 0.2) is 6.20 Å². The van der Waals surface area contributed by atoms with Crippen molar-refractivity contribution < 1.29 is 14.7 Å². The van der Waals surface area contributed by atoms with Gasteiger partial charge in [-0.25, -0.2) is 14.3 Å². The van der Waals surface area contributed by atoms with Crippen LogP contribution in [0.1, 0.15) is 29.8 Å². The Balaban J connectivity index is 1.45. The van der Waals surface area contributed by atoms with E-state index in [1.54, 1.807) is 0 Å². The summed E-state index contributed by atoms with van der Waals surface area (Å²) in [5, 5.41) is 18.8. The van der Waals surface area contributed by atoms with Crippen LogP contribution in [0.3, 0.4) is 0 Å².